The van der Waals surface area contributed by atoms with Gasteiger partial charge in [-0.25, -0.2) is 4.79 Å². The van der Waals surface area contributed by atoms with E-state index in [1.54, 1.807) is 20.8 Å². The van der Waals surface area contributed by atoms with Gasteiger partial charge in [-0.05, 0) is 13.8 Å². The predicted octanol–water partition coefficient (Wildman–Crippen LogP) is 0.683. The van der Waals surface area contributed by atoms with Gasteiger partial charge in [-0.15, -0.1) is 0 Å². The molecular weight excluding hydrogens is 270 g/mol. The van der Waals surface area contributed by atoms with Gasteiger partial charge in [0.25, 0.3) is 0 Å². The average Bonchev–Trinajstić information content (AvgIpc) is 2.33. The maximum absolute atomic E-state index is 11.6. The molecule has 0 bridgehead atoms. The first-order chi connectivity index (χ1) is 8.71. The molecule has 6 nitrogen and oxygen atoms in total. The summed E-state index contributed by atoms with van der Waals surface area (Å²) in [5, 5.41) is 2.25. The number of ether oxygens (including phenoxy) is 1. The largest absolute Gasteiger partial charge is 0.463 e. The number of hydrogen-bond donors (Lipinski definition) is 1. The zero-order valence-corrected chi connectivity index (χ0v) is 12.4. The van der Waals surface area contributed by atoms with Gasteiger partial charge >= 0.3 is 5.97 Å². The van der Waals surface area contributed by atoms with Gasteiger partial charge < -0.3 is 10.1 Å². The van der Waals surface area contributed by atoms with Gasteiger partial charge in [-0.2, -0.15) is 0 Å². The fourth-order valence-electron chi connectivity index (χ4n) is 1.13. The Balaban J connectivity index is 4.26. The van der Waals surface area contributed by atoms with Crippen LogP contribution < -0.4 is 5.32 Å². The summed E-state index contributed by atoms with van der Waals surface area (Å²) >= 11 is 0.928. The van der Waals surface area contributed by atoms with Gasteiger partial charge in [0.2, 0.25) is 11.7 Å². The summed E-state index contributed by atoms with van der Waals surface area (Å²) in [5.74, 6) is -1.99. The monoisotopic (exact) mass is 289 g/mol. The molecule has 0 aliphatic carbocycles. The van der Waals surface area contributed by atoms with Gasteiger partial charge in [-0.1, -0.05) is 18.7 Å². The van der Waals surface area contributed by atoms with E-state index in [0.717, 1.165) is 18.9 Å². The molecule has 7 heteroatoms. The molecule has 0 fully saturated rings. The number of thioether (sulfide) groups is 1. The van der Waals surface area contributed by atoms with Crippen molar-refractivity contribution in [2.75, 3.05) is 13.7 Å². The molecule has 1 amide bonds. The van der Waals surface area contributed by atoms with Crippen molar-refractivity contribution in [2.45, 2.75) is 38.4 Å². The predicted molar refractivity (Wildman–Crippen MR) is 71.6 cm³/mol. The number of nitrogens with one attached hydrogen (secondary N) is 1. The number of rotatable bonds is 7. The van der Waals surface area contributed by atoms with Gasteiger partial charge in [0.15, 0.2) is 5.12 Å². The Morgan fingerprint density at radius 2 is 1.79 bits per heavy atom. The molecule has 0 aliphatic rings. The fourth-order valence-corrected chi connectivity index (χ4v) is 2.10. The SMILES string of the molecule is CCC(=O)NCC(C)(C)SC(=O)CC(=O)C(=O)OC. The van der Waals surface area contributed by atoms with Crippen molar-refractivity contribution in [3.8, 4) is 0 Å². The number of amides is 1. The summed E-state index contributed by atoms with van der Waals surface area (Å²) in [5.41, 5.74) is 0. The van der Waals surface area contributed by atoms with Crippen LogP contribution in [-0.4, -0.2) is 41.2 Å². The molecule has 0 aliphatic heterocycles. The minimum atomic E-state index is -1.02. The normalized spacial score (nSPS) is 10.7. The van der Waals surface area contributed by atoms with E-state index in [1.165, 1.54) is 0 Å². The molecule has 0 radical (unpaired) electrons. The molecule has 0 rings (SSSR count). The van der Waals surface area contributed by atoms with E-state index >= 15 is 0 Å². The van der Waals surface area contributed by atoms with Crippen molar-refractivity contribution >= 4 is 34.5 Å². The van der Waals surface area contributed by atoms with Crippen LogP contribution in [-0.2, 0) is 23.9 Å². The zero-order valence-electron chi connectivity index (χ0n) is 11.6. The summed E-state index contributed by atoms with van der Waals surface area (Å²) in [6.45, 7) is 5.58. The Bertz CT molecular complexity index is 378. The molecule has 0 saturated carbocycles. The number of hydrogen-bond acceptors (Lipinski definition) is 6. The van der Waals surface area contributed by atoms with Crippen LogP contribution in [0.15, 0.2) is 0 Å². The maximum Gasteiger partial charge on any atom is 0.374 e. The van der Waals surface area contributed by atoms with Crippen LogP contribution in [0.25, 0.3) is 0 Å². The average molecular weight is 289 g/mol. The van der Waals surface area contributed by atoms with E-state index in [1.807, 2.05) is 0 Å². The second-order valence-electron chi connectivity index (χ2n) is 4.46. The minimum absolute atomic E-state index is 0.105. The van der Waals surface area contributed by atoms with E-state index < -0.39 is 28.0 Å². The van der Waals surface area contributed by atoms with Crippen LogP contribution in [0.1, 0.15) is 33.6 Å². The van der Waals surface area contributed by atoms with E-state index in [2.05, 4.69) is 10.1 Å². The number of Topliss-reactive ketones (excluding diaryl/α,β-unsaturated/α-hetero) is 1. The summed E-state index contributed by atoms with van der Waals surface area (Å²) in [4.78, 5) is 44.8. The molecule has 0 atom stereocenters. The minimum Gasteiger partial charge on any atom is -0.463 e. The first kappa shape index (κ1) is 17.6. The van der Waals surface area contributed by atoms with E-state index in [9.17, 15) is 19.2 Å². The molecule has 0 saturated heterocycles. The highest BCUT2D eigenvalue weighted by Crippen LogP contribution is 2.25. The molecule has 0 spiro atoms. The second-order valence-corrected chi connectivity index (χ2v) is 6.22. The van der Waals surface area contributed by atoms with Gasteiger partial charge in [0, 0.05) is 17.7 Å². The van der Waals surface area contributed by atoms with Crippen molar-refractivity contribution in [2.24, 2.45) is 0 Å². The summed E-state index contributed by atoms with van der Waals surface area (Å²) in [6, 6.07) is 0. The van der Waals surface area contributed by atoms with Crippen LogP contribution in [0.5, 0.6) is 0 Å². The fraction of sp³-hybridized carbons (Fsp3) is 0.667. The lowest BCUT2D eigenvalue weighted by Crippen LogP contribution is -2.37. The lowest BCUT2D eigenvalue weighted by atomic mass is 10.2. The third-order valence-corrected chi connectivity index (χ3v) is 3.21. The van der Waals surface area contributed by atoms with Gasteiger partial charge in [-0.3, -0.25) is 14.4 Å². The molecule has 19 heavy (non-hydrogen) atoms. The number of carbonyl (C=O) groups excluding carboxylic acids is 4. The van der Waals surface area contributed by atoms with Crippen molar-refractivity contribution < 1.29 is 23.9 Å². The lowest BCUT2D eigenvalue weighted by Gasteiger charge is -2.23. The van der Waals surface area contributed by atoms with Gasteiger partial charge in [0.1, 0.15) is 0 Å². The second kappa shape index (κ2) is 7.93. The highest BCUT2D eigenvalue weighted by atomic mass is 32.2. The molecular formula is C12H19NO5S. The van der Waals surface area contributed by atoms with E-state index in [-0.39, 0.29) is 5.91 Å². The third-order valence-electron chi connectivity index (χ3n) is 2.14. The molecule has 0 unspecified atom stereocenters. The molecule has 108 valence electrons. The van der Waals surface area contributed by atoms with Crippen molar-refractivity contribution in [3.05, 3.63) is 0 Å². The first-order valence-electron chi connectivity index (χ1n) is 5.81. The van der Waals surface area contributed by atoms with Crippen LogP contribution in [0.3, 0.4) is 0 Å². The Morgan fingerprint density at radius 3 is 2.26 bits per heavy atom. The summed E-state index contributed by atoms with van der Waals surface area (Å²) in [7, 11) is 1.09. The molecule has 1 N–H and O–H groups in total. The highest BCUT2D eigenvalue weighted by molar-refractivity contribution is 8.14. The quantitative estimate of drug-likeness (QED) is 0.421. The summed E-state index contributed by atoms with van der Waals surface area (Å²) < 4.78 is 3.69. The first-order valence-corrected chi connectivity index (χ1v) is 6.63. The topological polar surface area (TPSA) is 89.5 Å². The standard InChI is InChI=1S/C12H19NO5S/c1-5-9(15)13-7-12(2,3)19-10(16)6-8(14)11(17)18-4/h5-7H2,1-4H3,(H,13,15). The number of ketones is 1. The Morgan fingerprint density at radius 1 is 1.21 bits per heavy atom. The van der Waals surface area contributed by atoms with Crippen molar-refractivity contribution in [1.29, 1.82) is 0 Å². The Labute approximate surface area is 116 Å². The van der Waals surface area contributed by atoms with Crippen molar-refractivity contribution in [3.63, 3.8) is 0 Å². The van der Waals surface area contributed by atoms with E-state index in [4.69, 9.17) is 0 Å². The van der Waals surface area contributed by atoms with Crippen LogP contribution >= 0.6 is 11.8 Å². The van der Waals surface area contributed by atoms with Crippen LogP contribution in [0.2, 0.25) is 0 Å². The Kier molecular flexibility index (Phi) is 7.36. The van der Waals surface area contributed by atoms with Crippen LogP contribution in [0.4, 0.5) is 0 Å². The van der Waals surface area contributed by atoms with Gasteiger partial charge in [0.05, 0.1) is 13.5 Å². The molecule has 0 aromatic carbocycles. The number of esters is 1. The smallest absolute Gasteiger partial charge is 0.374 e. The van der Waals surface area contributed by atoms with E-state index in [0.29, 0.717) is 13.0 Å². The molecule has 0 aromatic heterocycles. The number of carbonyl (C=O) groups is 4. The molecule has 0 aromatic rings. The number of methoxy groups -OCH3 is 1. The highest BCUT2D eigenvalue weighted by Gasteiger charge is 2.26. The lowest BCUT2D eigenvalue weighted by molar-refractivity contribution is -0.152. The Hall–Kier alpha value is -1.37. The maximum atomic E-state index is 11.6. The zero-order chi connectivity index (χ0) is 15.1. The van der Waals surface area contributed by atoms with Crippen LogP contribution in [0, 0.1) is 0 Å². The molecule has 0 heterocycles. The van der Waals surface area contributed by atoms with Crippen molar-refractivity contribution in [1.82, 2.24) is 5.32 Å². The summed E-state index contributed by atoms with van der Waals surface area (Å²) in [6.07, 6.45) is -0.127. The third kappa shape index (κ3) is 7.61.